The second kappa shape index (κ2) is 8.63. The third kappa shape index (κ3) is 5.46. The standard InChI is InChI=1S/C19H21N3O3/c1-14(17-5-3-4-12-21-17)22(2)19(24)11-8-15-6-9-16(10-7-15)25-13-18(20)23/h3-12,14H,13H2,1-2H3,(H2,20,23)/b11-8-/t14-/m0/s1. The Hall–Kier alpha value is -3.15. The summed E-state index contributed by atoms with van der Waals surface area (Å²) in [5.41, 5.74) is 6.71. The van der Waals surface area contributed by atoms with E-state index in [1.807, 2.05) is 25.1 Å². The smallest absolute Gasteiger partial charge is 0.255 e. The zero-order chi connectivity index (χ0) is 18.2. The lowest BCUT2D eigenvalue weighted by atomic mass is 10.1. The minimum absolute atomic E-state index is 0.118. The Morgan fingerprint density at radius 3 is 2.56 bits per heavy atom. The van der Waals surface area contributed by atoms with Crippen molar-refractivity contribution in [1.82, 2.24) is 9.88 Å². The van der Waals surface area contributed by atoms with Crippen molar-refractivity contribution in [2.24, 2.45) is 5.73 Å². The van der Waals surface area contributed by atoms with Crippen LogP contribution < -0.4 is 10.5 Å². The highest BCUT2D eigenvalue weighted by molar-refractivity contribution is 5.91. The van der Waals surface area contributed by atoms with Gasteiger partial charge in [-0.2, -0.15) is 0 Å². The van der Waals surface area contributed by atoms with Crippen molar-refractivity contribution in [3.8, 4) is 5.75 Å². The van der Waals surface area contributed by atoms with Crippen molar-refractivity contribution in [3.63, 3.8) is 0 Å². The number of aromatic nitrogens is 1. The molecule has 0 saturated carbocycles. The summed E-state index contributed by atoms with van der Waals surface area (Å²) in [5.74, 6) is -0.102. The summed E-state index contributed by atoms with van der Waals surface area (Å²) in [5, 5.41) is 0. The van der Waals surface area contributed by atoms with Crippen LogP contribution in [0.25, 0.3) is 6.08 Å². The Morgan fingerprint density at radius 2 is 1.96 bits per heavy atom. The van der Waals surface area contributed by atoms with E-state index in [1.165, 1.54) is 6.08 Å². The number of ether oxygens (including phenoxy) is 1. The van der Waals surface area contributed by atoms with Gasteiger partial charge in [0.2, 0.25) is 5.91 Å². The summed E-state index contributed by atoms with van der Waals surface area (Å²) in [7, 11) is 1.74. The van der Waals surface area contributed by atoms with Gasteiger partial charge in [-0.1, -0.05) is 18.2 Å². The molecule has 2 N–H and O–H groups in total. The first-order valence-electron chi connectivity index (χ1n) is 7.84. The molecular formula is C19H21N3O3. The van der Waals surface area contributed by atoms with Gasteiger partial charge >= 0.3 is 0 Å². The number of hydrogen-bond acceptors (Lipinski definition) is 4. The van der Waals surface area contributed by atoms with Crippen molar-refractivity contribution in [1.29, 1.82) is 0 Å². The Morgan fingerprint density at radius 1 is 1.24 bits per heavy atom. The highest BCUT2D eigenvalue weighted by Crippen LogP contribution is 2.17. The number of pyridine rings is 1. The lowest BCUT2D eigenvalue weighted by Crippen LogP contribution is -2.28. The molecule has 130 valence electrons. The molecule has 0 bridgehead atoms. The number of likely N-dealkylation sites (N-methyl/N-ethyl adjacent to an activating group) is 1. The fraction of sp³-hybridized carbons (Fsp3) is 0.211. The SMILES string of the molecule is C[C@@H](c1ccccn1)N(C)C(=O)/C=C\c1ccc(OCC(N)=O)cc1. The van der Waals surface area contributed by atoms with E-state index in [4.69, 9.17) is 10.5 Å². The van der Waals surface area contributed by atoms with Crippen molar-refractivity contribution >= 4 is 17.9 Å². The first-order chi connectivity index (χ1) is 12.0. The van der Waals surface area contributed by atoms with Gasteiger partial charge in [-0.3, -0.25) is 14.6 Å². The molecule has 2 amide bonds. The Labute approximate surface area is 146 Å². The molecule has 0 spiro atoms. The fourth-order valence-electron chi connectivity index (χ4n) is 2.13. The highest BCUT2D eigenvalue weighted by atomic mass is 16.5. The molecule has 1 aromatic carbocycles. The zero-order valence-corrected chi connectivity index (χ0v) is 14.3. The van der Waals surface area contributed by atoms with Gasteiger partial charge in [-0.25, -0.2) is 0 Å². The van der Waals surface area contributed by atoms with Crippen molar-refractivity contribution in [2.45, 2.75) is 13.0 Å². The zero-order valence-electron chi connectivity index (χ0n) is 14.3. The van der Waals surface area contributed by atoms with Crippen LogP contribution in [-0.4, -0.2) is 35.4 Å². The molecule has 0 aliphatic rings. The van der Waals surface area contributed by atoms with Crippen molar-refractivity contribution < 1.29 is 14.3 Å². The average molecular weight is 339 g/mol. The Kier molecular flexibility index (Phi) is 6.28. The van der Waals surface area contributed by atoms with E-state index in [9.17, 15) is 9.59 Å². The second-order valence-corrected chi connectivity index (χ2v) is 5.54. The van der Waals surface area contributed by atoms with E-state index in [0.29, 0.717) is 5.75 Å². The maximum absolute atomic E-state index is 12.3. The summed E-state index contributed by atoms with van der Waals surface area (Å²) in [4.78, 5) is 28.9. The van der Waals surface area contributed by atoms with Gasteiger partial charge in [0.05, 0.1) is 11.7 Å². The van der Waals surface area contributed by atoms with Gasteiger partial charge in [0.1, 0.15) is 5.75 Å². The van der Waals surface area contributed by atoms with E-state index in [-0.39, 0.29) is 18.6 Å². The molecule has 25 heavy (non-hydrogen) atoms. The van der Waals surface area contributed by atoms with Crippen LogP contribution in [0.15, 0.2) is 54.7 Å². The molecule has 0 unspecified atom stereocenters. The second-order valence-electron chi connectivity index (χ2n) is 5.54. The number of nitrogens with two attached hydrogens (primary N) is 1. The van der Waals surface area contributed by atoms with E-state index < -0.39 is 5.91 Å². The molecule has 6 nitrogen and oxygen atoms in total. The summed E-state index contributed by atoms with van der Waals surface area (Å²) in [6.45, 7) is 1.77. The average Bonchev–Trinajstić information content (AvgIpc) is 2.64. The topological polar surface area (TPSA) is 85.5 Å². The third-order valence-electron chi connectivity index (χ3n) is 3.72. The maximum atomic E-state index is 12.3. The van der Waals surface area contributed by atoms with Crippen LogP contribution in [0.1, 0.15) is 24.2 Å². The summed E-state index contributed by atoms with van der Waals surface area (Å²) < 4.78 is 5.19. The van der Waals surface area contributed by atoms with E-state index in [0.717, 1.165) is 11.3 Å². The monoisotopic (exact) mass is 339 g/mol. The normalized spacial score (nSPS) is 11.9. The minimum atomic E-state index is -0.528. The predicted octanol–water partition coefficient (Wildman–Crippen LogP) is 2.18. The Bertz CT molecular complexity index is 742. The van der Waals surface area contributed by atoms with Crippen LogP contribution in [0.2, 0.25) is 0 Å². The van der Waals surface area contributed by atoms with Crippen LogP contribution in [0, 0.1) is 0 Å². The molecule has 0 aliphatic carbocycles. The van der Waals surface area contributed by atoms with Gasteiger partial charge in [0, 0.05) is 19.3 Å². The van der Waals surface area contributed by atoms with Crippen LogP contribution >= 0.6 is 0 Å². The van der Waals surface area contributed by atoms with Crippen LogP contribution in [-0.2, 0) is 9.59 Å². The third-order valence-corrected chi connectivity index (χ3v) is 3.72. The number of amides is 2. The number of primary amides is 1. The van der Waals surface area contributed by atoms with Crippen molar-refractivity contribution in [3.05, 3.63) is 66.0 Å². The fourth-order valence-corrected chi connectivity index (χ4v) is 2.13. The largest absolute Gasteiger partial charge is 0.484 e. The van der Waals surface area contributed by atoms with Crippen LogP contribution in [0.3, 0.4) is 0 Å². The van der Waals surface area contributed by atoms with Gasteiger partial charge < -0.3 is 15.4 Å². The summed E-state index contributed by atoms with van der Waals surface area (Å²) >= 11 is 0. The molecule has 1 heterocycles. The summed E-state index contributed by atoms with van der Waals surface area (Å²) in [6.07, 6.45) is 4.95. The highest BCUT2D eigenvalue weighted by Gasteiger charge is 2.15. The molecule has 1 atom stereocenters. The van der Waals surface area contributed by atoms with E-state index in [2.05, 4.69) is 4.98 Å². The number of benzene rings is 1. The number of hydrogen-bond donors (Lipinski definition) is 1. The number of nitrogens with zero attached hydrogens (tertiary/aromatic N) is 2. The van der Waals surface area contributed by atoms with E-state index >= 15 is 0 Å². The molecule has 2 rings (SSSR count). The molecule has 0 aliphatic heterocycles. The molecule has 0 saturated heterocycles. The van der Waals surface area contributed by atoms with Gasteiger partial charge in [-0.15, -0.1) is 0 Å². The molecule has 0 radical (unpaired) electrons. The van der Waals surface area contributed by atoms with Gasteiger partial charge in [0.25, 0.3) is 5.91 Å². The first-order valence-corrected chi connectivity index (χ1v) is 7.84. The number of carbonyl (C=O) groups is 2. The predicted molar refractivity (Wildman–Crippen MR) is 95.6 cm³/mol. The van der Waals surface area contributed by atoms with Crippen molar-refractivity contribution in [2.75, 3.05) is 13.7 Å². The molecular weight excluding hydrogens is 318 g/mol. The van der Waals surface area contributed by atoms with Gasteiger partial charge in [0.15, 0.2) is 6.61 Å². The molecule has 1 aromatic heterocycles. The van der Waals surface area contributed by atoms with Gasteiger partial charge in [-0.05, 0) is 42.8 Å². The quantitative estimate of drug-likeness (QED) is 0.784. The van der Waals surface area contributed by atoms with Crippen LogP contribution in [0.5, 0.6) is 5.75 Å². The number of rotatable bonds is 7. The van der Waals surface area contributed by atoms with E-state index in [1.54, 1.807) is 48.5 Å². The maximum Gasteiger partial charge on any atom is 0.255 e. The summed E-state index contributed by atoms with van der Waals surface area (Å²) in [6, 6.07) is 12.5. The molecule has 6 heteroatoms. The van der Waals surface area contributed by atoms with Crippen LogP contribution in [0.4, 0.5) is 0 Å². The Balaban J connectivity index is 1.96. The lowest BCUT2D eigenvalue weighted by Gasteiger charge is -2.23. The molecule has 0 fully saturated rings. The molecule has 2 aromatic rings. The first kappa shape index (κ1) is 18.2. The lowest BCUT2D eigenvalue weighted by molar-refractivity contribution is -0.126. The number of carbonyl (C=O) groups excluding carboxylic acids is 2. The minimum Gasteiger partial charge on any atom is -0.484 e.